The summed E-state index contributed by atoms with van der Waals surface area (Å²) in [6.45, 7) is 4.60. The smallest absolute Gasteiger partial charge is 0.338 e. The van der Waals surface area contributed by atoms with Crippen molar-refractivity contribution in [1.29, 1.82) is 0 Å². The van der Waals surface area contributed by atoms with Gasteiger partial charge in [0.2, 0.25) is 5.91 Å². The number of amides is 2. The summed E-state index contributed by atoms with van der Waals surface area (Å²) in [5.41, 5.74) is 1.55. The topological polar surface area (TPSA) is 84.5 Å². The van der Waals surface area contributed by atoms with Crippen molar-refractivity contribution in [3.8, 4) is 0 Å². The second kappa shape index (κ2) is 8.93. The van der Waals surface area contributed by atoms with Crippen molar-refractivity contribution in [1.82, 2.24) is 5.32 Å². The van der Waals surface area contributed by atoms with Crippen molar-refractivity contribution in [2.24, 2.45) is 0 Å². The van der Waals surface area contributed by atoms with E-state index in [0.29, 0.717) is 5.69 Å². The number of nitrogens with one attached hydrogen (secondary N) is 2. The fourth-order valence-corrected chi connectivity index (χ4v) is 2.34. The number of hydrogen-bond acceptors (Lipinski definition) is 4. The van der Waals surface area contributed by atoms with E-state index < -0.39 is 18.0 Å². The van der Waals surface area contributed by atoms with Crippen molar-refractivity contribution in [3.63, 3.8) is 0 Å². The number of anilines is 1. The lowest BCUT2D eigenvalue weighted by Crippen LogP contribution is -2.37. The molecule has 142 valence electrons. The first-order valence-electron chi connectivity index (χ1n) is 8.40. The minimum Gasteiger partial charge on any atom is -0.449 e. The number of carbonyl (C=O) groups is 3. The van der Waals surface area contributed by atoms with Crippen LogP contribution >= 0.6 is 0 Å². The molecule has 7 heteroatoms. The first-order valence-corrected chi connectivity index (χ1v) is 8.40. The molecule has 2 rings (SSSR count). The van der Waals surface area contributed by atoms with E-state index in [1.807, 2.05) is 0 Å². The molecule has 0 saturated carbocycles. The average Bonchev–Trinajstić information content (AvgIpc) is 2.62. The molecule has 0 aliphatic carbocycles. The van der Waals surface area contributed by atoms with Gasteiger partial charge in [0.05, 0.1) is 11.6 Å². The minimum absolute atomic E-state index is 0.217. The molecule has 2 aromatic rings. The lowest BCUT2D eigenvalue weighted by Gasteiger charge is -2.18. The number of halogens is 1. The summed E-state index contributed by atoms with van der Waals surface area (Å²) < 4.78 is 18.1. The molecule has 0 aliphatic heterocycles. The van der Waals surface area contributed by atoms with Crippen LogP contribution in [0.15, 0.2) is 48.5 Å². The lowest BCUT2D eigenvalue weighted by atomic mass is 10.1. The van der Waals surface area contributed by atoms with Gasteiger partial charge in [0.1, 0.15) is 5.82 Å². The van der Waals surface area contributed by atoms with Crippen LogP contribution in [-0.2, 0) is 14.3 Å². The van der Waals surface area contributed by atoms with Gasteiger partial charge in [-0.3, -0.25) is 9.59 Å². The van der Waals surface area contributed by atoms with Crippen LogP contribution in [0.25, 0.3) is 0 Å². The van der Waals surface area contributed by atoms with Crippen molar-refractivity contribution in [2.45, 2.75) is 32.9 Å². The third-order valence-electron chi connectivity index (χ3n) is 3.82. The Morgan fingerprint density at radius 1 is 0.963 bits per heavy atom. The fourth-order valence-electron chi connectivity index (χ4n) is 2.34. The van der Waals surface area contributed by atoms with Gasteiger partial charge in [-0.15, -0.1) is 0 Å². The first-order chi connectivity index (χ1) is 12.8. The SMILES string of the molecule is CC(=O)Nc1ccc(C(=O)O[C@@H](C)C(=O)N[C@@H](C)c2ccc(F)cc2)cc1. The molecular weight excluding hydrogens is 351 g/mol. The number of carbonyl (C=O) groups excluding carboxylic acids is 3. The molecule has 2 N–H and O–H groups in total. The molecule has 0 radical (unpaired) electrons. The van der Waals surface area contributed by atoms with Gasteiger partial charge in [-0.2, -0.15) is 0 Å². The maximum Gasteiger partial charge on any atom is 0.338 e. The number of hydrogen-bond donors (Lipinski definition) is 2. The van der Waals surface area contributed by atoms with Crippen LogP contribution < -0.4 is 10.6 Å². The molecule has 27 heavy (non-hydrogen) atoms. The molecule has 6 nitrogen and oxygen atoms in total. The van der Waals surface area contributed by atoms with Gasteiger partial charge in [0.15, 0.2) is 6.10 Å². The van der Waals surface area contributed by atoms with Crippen LogP contribution in [0, 0.1) is 5.82 Å². The van der Waals surface area contributed by atoms with Crippen LogP contribution in [0.5, 0.6) is 0 Å². The van der Waals surface area contributed by atoms with Crippen LogP contribution in [0.3, 0.4) is 0 Å². The van der Waals surface area contributed by atoms with Crippen molar-refractivity contribution in [3.05, 3.63) is 65.5 Å². The third kappa shape index (κ3) is 5.91. The second-order valence-electron chi connectivity index (χ2n) is 6.09. The van der Waals surface area contributed by atoms with Gasteiger partial charge in [-0.25, -0.2) is 9.18 Å². The fraction of sp³-hybridized carbons (Fsp3) is 0.250. The van der Waals surface area contributed by atoms with E-state index in [4.69, 9.17) is 4.74 Å². The number of ether oxygens (including phenoxy) is 1. The highest BCUT2D eigenvalue weighted by atomic mass is 19.1. The largest absolute Gasteiger partial charge is 0.449 e. The molecule has 0 aliphatic rings. The molecule has 2 amide bonds. The Bertz CT molecular complexity index is 819. The third-order valence-corrected chi connectivity index (χ3v) is 3.82. The zero-order valence-electron chi connectivity index (χ0n) is 15.3. The molecular formula is C20H21FN2O4. The van der Waals surface area contributed by atoms with Crippen molar-refractivity contribution < 1.29 is 23.5 Å². The Kier molecular flexibility index (Phi) is 6.65. The summed E-state index contributed by atoms with van der Waals surface area (Å²) in [5.74, 6) is -1.69. The summed E-state index contributed by atoms with van der Waals surface area (Å²) in [4.78, 5) is 35.4. The van der Waals surface area contributed by atoms with Crippen LogP contribution in [0.2, 0.25) is 0 Å². The Hall–Kier alpha value is -3.22. The average molecular weight is 372 g/mol. The lowest BCUT2D eigenvalue weighted by molar-refractivity contribution is -0.129. The number of rotatable bonds is 6. The Morgan fingerprint density at radius 2 is 1.56 bits per heavy atom. The predicted octanol–water partition coefficient (Wildman–Crippen LogP) is 3.21. The number of benzene rings is 2. The summed E-state index contributed by atoms with van der Waals surface area (Å²) in [7, 11) is 0. The highest BCUT2D eigenvalue weighted by Gasteiger charge is 2.21. The zero-order chi connectivity index (χ0) is 20.0. The van der Waals surface area contributed by atoms with Crippen LogP contribution in [-0.4, -0.2) is 23.9 Å². The summed E-state index contributed by atoms with van der Waals surface area (Å²) in [6, 6.07) is 11.5. The van der Waals surface area contributed by atoms with Gasteiger partial charge >= 0.3 is 5.97 Å². The molecule has 2 atom stereocenters. The normalized spacial score (nSPS) is 12.6. The Labute approximate surface area is 156 Å². The minimum atomic E-state index is -1.00. The molecule has 0 spiro atoms. The first kappa shape index (κ1) is 20.1. The Morgan fingerprint density at radius 3 is 2.11 bits per heavy atom. The van der Waals surface area contributed by atoms with Gasteiger partial charge < -0.3 is 15.4 Å². The van der Waals surface area contributed by atoms with Gasteiger partial charge in [0.25, 0.3) is 5.91 Å². The van der Waals surface area contributed by atoms with Crippen molar-refractivity contribution >= 4 is 23.5 Å². The summed E-state index contributed by atoms with van der Waals surface area (Å²) in [5, 5.41) is 5.31. The van der Waals surface area contributed by atoms with Crippen LogP contribution in [0.1, 0.15) is 42.7 Å². The van der Waals surface area contributed by atoms with Crippen LogP contribution in [0.4, 0.5) is 10.1 Å². The highest BCUT2D eigenvalue weighted by molar-refractivity contribution is 5.93. The zero-order valence-corrected chi connectivity index (χ0v) is 15.3. The van der Waals surface area contributed by atoms with Crippen molar-refractivity contribution in [2.75, 3.05) is 5.32 Å². The van der Waals surface area contributed by atoms with E-state index in [2.05, 4.69) is 10.6 Å². The highest BCUT2D eigenvalue weighted by Crippen LogP contribution is 2.14. The number of esters is 1. The summed E-state index contributed by atoms with van der Waals surface area (Å²) >= 11 is 0. The van der Waals surface area contributed by atoms with E-state index >= 15 is 0 Å². The van der Waals surface area contributed by atoms with E-state index in [0.717, 1.165) is 5.56 Å². The van der Waals surface area contributed by atoms with Gasteiger partial charge in [-0.1, -0.05) is 12.1 Å². The molecule has 0 fully saturated rings. The quantitative estimate of drug-likeness (QED) is 0.763. The molecule has 0 bridgehead atoms. The van der Waals surface area contributed by atoms with E-state index in [1.54, 1.807) is 31.2 Å². The standard InChI is InChI=1S/C20H21FN2O4/c1-12(15-4-8-17(21)9-5-15)22-19(25)13(2)27-20(26)16-6-10-18(11-7-16)23-14(3)24/h4-13H,1-3H3,(H,22,25)(H,23,24)/t12-,13-/m0/s1. The maximum atomic E-state index is 13.0. The molecule has 0 heterocycles. The Balaban J connectivity index is 1.91. The maximum absolute atomic E-state index is 13.0. The van der Waals surface area contributed by atoms with E-state index in [-0.39, 0.29) is 23.3 Å². The molecule has 0 saturated heterocycles. The summed E-state index contributed by atoms with van der Waals surface area (Å²) in [6.07, 6.45) is -1.00. The molecule has 0 unspecified atom stereocenters. The van der Waals surface area contributed by atoms with E-state index in [9.17, 15) is 18.8 Å². The van der Waals surface area contributed by atoms with Gasteiger partial charge in [-0.05, 0) is 55.8 Å². The van der Waals surface area contributed by atoms with E-state index in [1.165, 1.54) is 38.1 Å². The monoisotopic (exact) mass is 372 g/mol. The second-order valence-corrected chi connectivity index (χ2v) is 6.09. The predicted molar refractivity (Wildman–Crippen MR) is 98.6 cm³/mol. The molecule has 0 aromatic heterocycles. The van der Waals surface area contributed by atoms with Gasteiger partial charge in [0, 0.05) is 12.6 Å². The molecule has 2 aromatic carbocycles.